The summed E-state index contributed by atoms with van der Waals surface area (Å²) in [4.78, 5) is 83.8. The van der Waals surface area contributed by atoms with E-state index in [4.69, 9.17) is 14.7 Å². The Balaban J connectivity index is 1.27. The fourth-order valence-corrected chi connectivity index (χ4v) is 8.96. The highest BCUT2D eigenvalue weighted by atomic mass is 32.1. The van der Waals surface area contributed by atoms with E-state index in [1.807, 2.05) is 74.5 Å². The second-order valence-corrected chi connectivity index (χ2v) is 15.9. The van der Waals surface area contributed by atoms with Crippen molar-refractivity contribution in [3.8, 4) is 0 Å². The zero-order valence-electron chi connectivity index (χ0n) is 31.5. The zero-order valence-corrected chi connectivity index (χ0v) is 32.3. The van der Waals surface area contributed by atoms with Gasteiger partial charge in [-0.3, -0.25) is 24.0 Å². The van der Waals surface area contributed by atoms with Gasteiger partial charge in [-0.05, 0) is 49.7 Å². The molecular weight excluding hydrogens is 719 g/mol. The first-order valence-electron chi connectivity index (χ1n) is 19.4. The third-order valence-corrected chi connectivity index (χ3v) is 12.2. The topological polar surface area (TPSA) is 162 Å². The molecule has 3 N–H and O–H groups in total. The molecule has 290 valence electrons. The van der Waals surface area contributed by atoms with E-state index in [9.17, 15) is 24.0 Å². The van der Waals surface area contributed by atoms with Crippen LogP contribution in [0.15, 0.2) is 71.0 Å². The van der Waals surface area contributed by atoms with Gasteiger partial charge in [-0.25, -0.2) is 9.98 Å². The molecule has 0 aliphatic carbocycles. The highest BCUT2D eigenvalue weighted by Crippen LogP contribution is 2.35. The van der Waals surface area contributed by atoms with Gasteiger partial charge in [0.2, 0.25) is 29.5 Å². The average Bonchev–Trinajstić information content (AvgIpc) is 4.03. The van der Waals surface area contributed by atoms with E-state index in [-0.39, 0.29) is 54.1 Å². The number of carbonyl (C=O) groups is 5. The van der Waals surface area contributed by atoms with Gasteiger partial charge in [-0.15, -0.1) is 11.3 Å². The molecule has 0 radical (unpaired) electrons. The molecule has 3 aromatic rings. The molecule has 55 heavy (non-hydrogen) atoms. The van der Waals surface area contributed by atoms with Crippen molar-refractivity contribution in [1.82, 2.24) is 30.7 Å². The van der Waals surface area contributed by atoms with Crippen LogP contribution in [0, 0.1) is 5.92 Å². The number of nitrogens with zero attached hydrogens (tertiary/aromatic N) is 4. The average molecular weight is 768 g/mol. The van der Waals surface area contributed by atoms with E-state index < -0.39 is 48.1 Å². The van der Waals surface area contributed by atoms with Gasteiger partial charge < -0.3 is 30.5 Å². The monoisotopic (exact) mass is 767 g/mol. The molecule has 2 fully saturated rings. The van der Waals surface area contributed by atoms with Crippen molar-refractivity contribution in [2.24, 2.45) is 10.9 Å². The third-order valence-electron chi connectivity index (χ3n) is 11.3. The number of aromatic nitrogens is 1. The van der Waals surface area contributed by atoms with E-state index in [0.29, 0.717) is 43.8 Å². The minimum Gasteiger partial charge on any atom is -0.474 e. The van der Waals surface area contributed by atoms with Crippen molar-refractivity contribution in [1.29, 1.82) is 0 Å². The lowest BCUT2D eigenvalue weighted by Crippen LogP contribution is -2.56. The van der Waals surface area contributed by atoms with Crippen LogP contribution in [0.25, 0.3) is 0 Å². The summed E-state index contributed by atoms with van der Waals surface area (Å²) in [5.74, 6) is -1.78. The maximum atomic E-state index is 14.5. The summed E-state index contributed by atoms with van der Waals surface area (Å²) in [5, 5.41) is 11.4. The van der Waals surface area contributed by atoms with Crippen molar-refractivity contribution >= 4 is 46.8 Å². The molecule has 2 saturated heterocycles. The minimum atomic E-state index is -0.961. The van der Waals surface area contributed by atoms with E-state index in [0.717, 1.165) is 17.5 Å². The number of carbonyl (C=O) groups excluding carboxylic acids is 5. The molecule has 0 unspecified atom stereocenters. The van der Waals surface area contributed by atoms with Crippen LogP contribution in [-0.4, -0.2) is 99.6 Å². The van der Waals surface area contributed by atoms with E-state index in [1.165, 1.54) is 11.3 Å². The highest BCUT2D eigenvalue weighted by Gasteiger charge is 2.44. The number of thiazole rings is 1. The first-order valence-corrected chi connectivity index (χ1v) is 20.3. The fraction of sp³-hybridized carbons (Fsp3) is 0.488. The van der Waals surface area contributed by atoms with Crippen LogP contribution in [0.4, 0.5) is 0 Å². The standard InChI is InChI=1S/C41H49N7O6S/c1-4-24(2)33-38-46-34(25(3)54-38)37(51)43-29(22-27-15-9-6-10-16-27)41(53)48-20-12-18-32(48)39-44-30(23-55-39)35(49)42-28(21-26-13-7-5-8-14-26)40(52)47-19-11-17-31(47)36(50)45-33/h5-10,13-16,23-25,28-29,31-34H,4,11-12,17-22H2,1-3H3,(H,42,49)(H,43,51)(H,45,50)/t24-,25+,28-,29-,31-,32-,33-,34-/m0/s1. The second kappa shape index (κ2) is 16.7. The number of nitrogens with one attached hydrogen (secondary N) is 3. The van der Waals surface area contributed by atoms with Crippen LogP contribution in [0.1, 0.15) is 85.5 Å². The van der Waals surface area contributed by atoms with Gasteiger partial charge in [-0.2, -0.15) is 0 Å². The quantitative estimate of drug-likeness (QED) is 0.346. The molecule has 1 aromatic heterocycles. The van der Waals surface area contributed by atoms with E-state index >= 15 is 0 Å². The highest BCUT2D eigenvalue weighted by molar-refractivity contribution is 7.09. The van der Waals surface area contributed by atoms with Crippen LogP contribution >= 0.6 is 11.3 Å². The first-order chi connectivity index (χ1) is 26.6. The Morgan fingerprint density at radius 2 is 1.38 bits per heavy atom. The van der Waals surface area contributed by atoms with Gasteiger partial charge in [0, 0.05) is 31.3 Å². The molecule has 5 amide bonds. The molecule has 14 heteroatoms. The molecule has 4 aliphatic rings. The number of ether oxygens (including phenoxy) is 1. The predicted molar refractivity (Wildman–Crippen MR) is 207 cm³/mol. The molecule has 7 rings (SSSR count). The number of hydrogen-bond donors (Lipinski definition) is 3. The largest absolute Gasteiger partial charge is 0.474 e. The van der Waals surface area contributed by atoms with Crippen molar-refractivity contribution in [2.45, 2.75) is 108 Å². The zero-order chi connectivity index (χ0) is 38.6. The Morgan fingerprint density at radius 1 is 0.800 bits per heavy atom. The van der Waals surface area contributed by atoms with Gasteiger partial charge in [-0.1, -0.05) is 80.9 Å². The molecular formula is C41H49N7O6S. The normalized spacial score (nSPS) is 28.2. The van der Waals surface area contributed by atoms with Gasteiger partial charge >= 0.3 is 0 Å². The lowest BCUT2D eigenvalue weighted by molar-refractivity contribution is -0.140. The molecule has 13 nitrogen and oxygen atoms in total. The van der Waals surface area contributed by atoms with Crippen molar-refractivity contribution in [2.75, 3.05) is 13.1 Å². The van der Waals surface area contributed by atoms with Crippen molar-refractivity contribution < 1.29 is 28.7 Å². The molecule has 2 aromatic carbocycles. The third kappa shape index (κ3) is 8.29. The molecule has 0 spiro atoms. The van der Waals surface area contributed by atoms with Crippen molar-refractivity contribution in [3.05, 3.63) is 87.9 Å². The fourth-order valence-electron chi connectivity index (χ4n) is 8.01. The molecule has 5 heterocycles. The summed E-state index contributed by atoms with van der Waals surface area (Å²) in [5.41, 5.74) is 1.90. The van der Waals surface area contributed by atoms with E-state index in [1.54, 1.807) is 22.1 Å². The summed E-state index contributed by atoms with van der Waals surface area (Å²) in [6, 6.07) is 14.4. The van der Waals surface area contributed by atoms with E-state index in [2.05, 4.69) is 16.0 Å². The van der Waals surface area contributed by atoms with Gasteiger partial charge in [0.1, 0.15) is 41.0 Å². The maximum Gasteiger partial charge on any atom is 0.271 e. The second-order valence-electron chi connectivity index (χ2n) is 15.0. The van der Waals surface area contributed by atoms with Gasteiger partial charge in [0.15, 0.2) is 6.04 Å². The predicted octanol–water partition coefficient (Wildman–Crippen LogP) is 3.60. The Kier molecular flexibility index (Phi) is 11.6. The lowest BCUT2D eigenvalue weighted by atomic mass is 9.98. The molecule has 0 saturated carbocycles. The molecule has 4 aliphatic heterocycles. The van der Waals surface area contributed by atoms with Gasteiger partial charge in [0.05, 0.1) is 6.04 Å². The number of rotatable bonds is 6. The van der Waals surface area contributed by atoms with Crippen molar-refractivity contribution in [3.63, 3.8) is 0 Å². The summed E-state index contributed by atoms with van der Waals surface area (Å²) >= 11 is 1.29. The molecule has 4 bridgehead atoms. The van der Waals surface area contributed by atoms with Crippen LogP contribution in [0.3, 0.4) is 0 Å². The number of hydrogen-bond acceptors (Lipinski definition) is 9. The summed E-state index contributed by atoms with van der Waals surface area (Å²) in [7, 11) is 0. The maximum absolute atomic E-state index is 14.5. The lowest BCUT2D eigenvalue weighted by Gasteiger charge is -2.31. The summed E-state index contributed by atoms with van der Waals surface area (Å²) in [6.07, 6.45) is 2.98. The Labute approximate surface area is 325 Å². The first kappa shape index (κ1) is 38.2. The number of fused-ring (bicyclic) bond motifs is 6. The number of amides is 5. The Bertz CT molecular complexity index is 1920. The number of benzene rings is 2. The minimum absolute atomic E-state index is 0.115. The van der Waals surface area contributed by atoms with Crippen LogP contribution in [0.5, 0.6) is 0 Å². The summed E-state index contributed by atoms with van der Waals surface area (Å²) < 4.78 is 6.23. The van der Waals surface area contributed by atoms with Crippen LogP contribution in [-0.2, 0) is 36.8 Å². The van der Waals surface area contributed by atoms with Crippen LogP contribution in [0.2, 0.25) is 0 Å². The smallest absolute Gasteiger partial charge is 0.271 e. The molecule has 8 atom stereocenters. The van der Waals surface area contributed by atoms with Gasteiger partial charge in [0.25, 0.3) is 5.91 Å². The SMILES string of the molecule is CC[C@H](C)[C@@H]1NC(=O)[C@@H]2CCCN2C(=O)[C@H](Cc2ccccc2)NC(=O)c2csc(n2)[C@@H]2CCCN2C(=O)[C@H](Cc2ccccc2)NC(=O)[C@H]2N=C1O[C@@H]2C. The Morgan fingerprint density at radius 3 is 2.00 bits per heavy atom. The Hall–Kier alpha value is -5.11. The number of aliphatic imine (C=N–C) groups is 1. The van der Waals surface area contributed by atoms with Crippen LogP contribution < -0.4 is 16.0 Å². The summed E-state index contributed by atoms with van der Waals surface area (Å²) in [6.45, 7) is 6.57.